The van der Waals surface area contributed by atoms with Crippen LogP contribution in [0.3, 0.4) is 0 Å². The SMILES string of the molecule is CCc1cc(Br)ccc1NC(=O)c1cc(Br)cn1CC. The number of aryl methyl sites for hydroxylation is 2. The second-order valence-corrected chi connectivity index (χ2v) is 6.27. The standard InChI is InChI=1S/C15H16Br2N2O/c1-3-10-7-11(16)5-6-13(10)18-15(20)14-8-12(17)9-19(14)4-2/h5-9H,3-4H2,1-2H3,(H,18,20). The molecular formula is C15H16Br2N2O. The van der Waals surface area contributed by atoms with Crippen molar-refractivity contribution < 1.29 is 4.79 Å². The van der Waals surface area contributed by atoms with E-state index in [-0.39, 0.29) is 5.91 Å². The van der Waals surface area contributed by atoms with Crippen LogP contribution in [-0.2, 0) is 13.0 Å². The summed E-state index contributed by atoms with van der Waals surface area (Å²) in [5.41, 5.74) is 2.63. The molecule has 5 heteroatoms. The third-order valence-corrected chi connectivity index (χ3v) is 4.06. The Morgan fingerprint density at radius 3 is 2.60 bits per heavy atom. The maximum absolute atomic E-state index is 12.4. The molecule has 0 fully saturated rings. The number of carbonyl (C=O) groups is 1. The monoisotopic (exact) mass is 398 g/mol. The van der Waals surface area contributed by atoms with Gasteiger partial charge in [-0.05, 0) is 59.1 Å². The number of halogens is 2. The molecule has 0 aliphatic heterocycles. The van der Waals surface area contributed by atoms with Crippen LogP contribution in [0.2, 0.25) is 0 Å². The summed E-state index contributed by atoms with van der Waals surface area (Å²) in [7, 11) is 0. The van der Waals surface area contributed by atoms with E-state index in [1.54, 1.807) is 0 Å². The first kappa shape index (κ1) is 15.3. The van der Waals surface area contributed by atoms with Crippen LogP contribution >= 0.6 is 31.9 Å². The normalized spacial score (nSPS) is 10.6. The lowest BCUT2D eigenvalue weighted by Gasteiger charge is -2.11. The summed E-state index contributed by atoms with van der Waals surface area (Å²) < 4.78 is 3.85. The Kier molecular flexibility index (Phi) is 5.05. The molecule has 106 valence electrons. The average molecular weight is 400 g/mol. The van der Waals surface area contributed by atoms with Gasteiger partial charge in [-0.3, -0.25) is 4.79 Å². The Hall–Kier alpha value is -1.07. The highest BCUT2D eigenvalue weighted by atomic mass is 79.9. The van der Waals surface area contributed by atoms with Gasteiger partial charge in [0.2, 0.25) is 0 Å². The summed E-state index contributed by atoms with van der Waals surface area (Å²) in [5, 5.41) is 2.99. The first-order chi connectivity index (χ1) is 9.55. The molecule has 0 radical (unpaired) electrons. The summed E-state index contributed by atoms with van der Waals surface area (Å²) in [5.74, 6) is -0.0884. The average Bonchev–Trinajstić information content (AvgIpc) is 2.82. The van der Waals surface area contributed by atoms with Crippen LogP contribution < -0.4 is 5.32 Å². The van der Waals surface area contributed by atoms with E-state index in [0.29, 0.717) is 5.69 Å². The molecule has 20 heavy (non-hydrogen) atoms. The van der Waals surface area contributed by atoms with E-state index in [9.17, 15) is 4.79 Å². The van der Waals surface area contributed by atoms with Crippen LogP contribution in [-0.4, -0.2) is 10.5 Å². The minimum atomic E-state index is -0.0884. The zero-order valence-corrected chi connectivity index (χ0v) is 14.6. The molecule has 3 nitrogen and oxygen atoms in total. The molecule has 1 heterocycles. The smallest absolute Gasteiger partial charge is 0.272 e. The fourth-order valence-electron chi connectivity index (χ4n) is 2.09. The van der Waals surface area contributed by atoms with Crippen LogP contribution in [0.15, 0.2) is 39.4 Å². The zero-order valence-electron chi connectivity index (χ0n) is 11.4. The Morgan fingerprint density at radius 2 is 1.95 bits per heavy atom. The number of anilines is 1. The van der Waals surface area contributed by atoms with Crippen LogP contribution in [0, 0.1) is 0 Å². The summed E-state index contributed by atoms with van der Waals surface area (Å²) in [6, 6.07) is 7.73. The maximum atomic E-state index is 12.4. The summed E-state index contributed by atoms with van der Waals surface area (Å²) in [4.78, 5) is 12.4. The number of hydrogen-bond acceptors (Lipinski definition) is 1. The minimum absolute atomic E-state index is 0.0884. The van der Waals surface area contributed by atoms with E-state index in [2.05, 4.69) is 44.1 Å². The van der Waals surface area contributed by atoms with Crippen LogP contribution in [0.25, 0.3) is 0 Å². The Bertz CT molecular complexity index is 635. The Morgan fingerprint density at radius 1 is 1.20 bits per heavy atom. The molecule has 2 rings (SSSR count). The van der Waals surface area contributed by atoms with E-state index in [0.717, 1.165) is 33.2 Å². The third-order valence-electron chi connectivity index (χ3n) is 3.13. The Labute approximate surface area is 135 Å². The summed E-state index contributed by atoms with van der Waals surface area (Å²) in [6.45, 7) is 4.85. The van der Waals surface area contributed by atoms with Crippen molar-refractivity contribution in [3.05, 3.63) is 50.7 Å². The number of amides is 1. The fourth-order valence-corrected chi connectivity index (χ4v) is 2.96. The highest BCUT2D eigenvalue weighted by Crippen LogP contribution is 2.23. The quantitative estimate of drug-likeness (QED) is 0.783. The van der Waals surface area contributed by atoms with Gasteiger partial charge in [0.1, 0.15) is 5.69 Å². The fraction of sp³-hybridized carbons (Fsp3) is 0.267. The van der Waals surface area contributed by atoms with Crippen molar-refractivity contribution in [1.82, 2.24) is 4.57 Å². The molecule has 0 atom stereocenters. The molecule has 1 aromatic carbocycles. The lowest BCUT2D eigenvalue weighted by molar-refractivity contribution is 0.101. The third kappa shape index (κ3) is 3.33. The van der Waals surface area contributed by atoms with Crippen molar-refractivity contribution in [1.29, 1.82) is 0 Å². The second kappa shape index (κ2) is 6.59. The van der Waals surface area contributed by atoms with Crippen molar-refractivity contribution in [2.24, 2.45) is 0 Å². The van der Waals surface area contributed by atoms with E-state index in [4.69, 9.17) is 0 Å². The largest absolute Gasteiger partial charge is 0.343 e. The van der Waals surface area contributed by atoms with Crippen molar-refractivity contribution >= 4 is 43.5 Å². The number of carbonyl (C=O) groups excluding carboxylic acids is 1. The van der Waals surface area contributed by atoms with Gasteiger partial charge in [0.25, 0.3) is 5.91 Å². The number of benzene rings is 1. The number of nitrogens with zero attached hydrogens (tertiary/aromatic N) is 1. The molecule has 0 aliphatic rings. The van der Waals surface area contributed by atoms with Crippen LogP contribution in [0.4, 0.5) is 5.69 Å². The molecule has 0 saturated heterocycles. The highest BCUT2D eigenvalue weighted by Gasteiger charge is 2.13. The van der Waals surface area contributed by atoms with Gasteiger partial charge in [0.05, 0.1) is 0 Å². The van der Waals surface area contributed by atoms with Gasteiger partial charge in [0, 0.05) is 27.4 Å². The molecule has 0 aliphatic carbocycles. The van der Waals surface area contributed by atoms with E-state index < -0.39 is 0 Å². The number of aromatic nitrogens is 1. The molecule has 0 bridgehead atoms. The van der Waals surface area contributed by atoms with Crippen molar-refractivity contribution in [3.63, 3.8) is 0 Å². The first-order valence-corrected chi connectivity index (χ1v) is 8.09. The van der Waals surface area contributed by atoms with E-state index in [1.165, 1.54) is 0 Å². The number of hydrogen-bond donors (Lipinski definition) is 1. The van der Waals surface area contributed by atoms with Gasteiger partial charge in [-0.15, -0.1) is 0 Å². The van der Waals surface area contributed by atoms with Crippen molar-refractivity contribution in [3.8, 4) is 0 Å². The van der Waals surface area contributed by atoms with Crippen LogP contribution in [0.5, 0.6) is 0 Å². The van der Waals surface area contributed by atoms with Gasteiger partial charge in [0.15, 0.2) is 0 Å². The molecule has 0 saturated carbocycles. The van der Waals surface area contributed by atoms with Gasteiger partial charge < -0.3 is 9.88 Å². The number of nitrogens with one attached hydrogen (secondary N) is 1. The van der Waals surface area contributed by atoms with Crippen molar-refractivity contribution in [2.75, 3.05) is 5.32 Å². The topological polar surface area (TPSA) is 34.0 Å². The zero-order chi connectivity index (χ0) is 14.7. The van der Waals surface area contributed by atoms with Crippen LogP contribution in [0.1, 0.15) is 29.9 Å². The van der Waals surface area contributed by atoms with Crippen molar-refractivity contribution in [2.45, 2.75) is 26.8 Å². The predicted octanol–water partition coefficient (Wildman–Crippen LogP) is 4.85. The molecule has 0 spiro atoms. The lowest BCUT2D eigenvalue weighted by atomic mass is 10.1. The summed E-state index contributed by atoms with van der Waals surface area (Å²) in [6.07, 6.45) is 2.78. The van der Waals surface area contributed by atoms with Gasteiger partial charge in [-0.25, -0.2) is 0 Å². The number of rotatable bonds is 4. The molecule has 1 aromatic heterocycles. The predicted molar refractivity (Wildman–Crippen MR) is 89.3 cm³/mol. The van der Waals surface area contributed by atoms with Gasteiger partial charge in [-0.1, -0.05) is 22.9 Å². The Balaban J connectivity index is 2.27. The maximum Gasteiger partial charge on any atom is 0.272 e. The molecule has 1 amide bonds. The molecule has 0 unspecified atom stereocenters. The highest BCUT2D eigenvalue weighted by molar-refractivity contribution is 9.10. The first-order valence-electron chi connectivity index (χ1n) is 6.50. The van der Waals surface area contributed by atoms with E-state index >= 15 is 0 Å². The van der Waals surface area contributed by atoms with Gasteiger partial charge >= 0.3 is 0 Å². The molecule has 1 N–H and O–H groups in total. The molecule has 2 aromatic rings. The van der Waals surface area contributed by atoms with Gasteiger partial charge in [-0.2, -0.15) is 0 Å². The second-order valence-electron chi connectivity index (χ2n) is 4.44. The van der Waals surface area contributed by atoms with E-state index in [1.807, 2.05) is 42.0 Å². The molecular weight excluding hydrogens is 384 g/mol. The summed E-state index contributed by atoms with van der Waals surface area (Å²) >= 11 is 6.86. The lowest BCUT2D eigenvalue weighted by Crippen LogP contribution is -2.17. The minimum Gasteiger partial charge on any atom is -0.343 e.